The molecule has 1 saturated heterocycles. The van der Waals surface area contributed by atoms with Crippen LogP contribution in [0.2, 0.25) is 5.02 Å². The summed E-state index contributed by atoms with van der Waals surface area (Å²) in [5.74, 6) is -0.0792. The van der Waals surface area contributed by atoms with Crippen molar-refractivity contribution in [1.82, 2.24) is 14.8 Å². The van der Waals surface area contributed by atoms with Gasteiger partial charge in [0.05, 0.1) is 0 Å². The molecule has 1 aromatic heterocycles. The lowest BCUT2D eigenvalue weighted by atomic mass is 10.2. The number of piperazine rings is 1. The number of amides is 2. The van der Waals surface area contributed by atoms with Gasteiger partial charge in [-0.2, -0.15) is 0 Å². The third kappa shape index (κ3) is 4.14. The van der Waals surface area contributed by atoms with Gasteiger partial charge in [0.25, 0.3) is 5.91 Å². The minimum Gasteiger partial charge on any atom is -0.355 e. The number of pyridine rings is 1. The van der Waals surface area contributed by atoms with E-state index >= 15 is 0 Å². The number of hydrogen-bond acceptors (Lipinski definition) is 4. The Bertz CT molecular complexity index is 832. The van der Waals surface area contributed by atoms with Crippen LogP contribution in [0.5, 0.6) is 0 Å². The molecule has 0 spiro atoms. The van der Waals surface area contributed by atoms with E-state index in [0.717, 1.165) is 16.9 Å². The molecule has 0 bridgehead atoms. The van der Waals surface area contributed by atoms with Crippen LogP contribution >= 0.6 is 11.6 Å². The summed E-state index contributed by atoms with van der Waals surface area (Å²) in [6.45, 7) is 5.68. The predicted octanol–water partition coefficient (Wildman–Crippen LogP) is 3.09. The summed E-state index contributed by atoms with van der Waals surface area (Å²) in [6.07, 6.45) is 1.62. The van der Waals surface area contributed by atoms with Crippen LogP contribution in [0.3, 0.4) is 0 Å². The molecule has 0 saturated carbocycles. The number of nitrogens with zero attached hydrogens (tertiary/aromatic N) is 3. The third-order valence-electron chi connectivity index (χ3n) is 4.46. The first-order chi connectivity index (χ1) is 12.4. The van der Waals surface area contributed by atoms with Crippen LogP contribution in [0, 0.1) is 6.92 Å². The molecule has 6 nitrogen and oxygen atoms in total. The van der Waals surface area contributed by atoms with Gasteiger partial charge >= 0.3 is 0 Å². The third-order valence-corrected chi connectivity index (χ3v) is 4.69. The van der Waals surface area contributed by atoms with E-state index in [1.807, 2.05) is 31.2 Å². The molecule has 7 heteroatoms. The number of nitrogens with one attached hydrogen (secondary N) is 1. The monoisotopic (exact) mass is 372 g/mol. The van der Waals surface area contributed by atoms with Gasteiger partial charge in [-0.1, -0.05) is 11.6 Å². The minimum atomic E-state index is -0.121. The van der Waals surface area contributed by atoms with Gasteiger partial charge in [0, 0.05) is 55.7 Å². The molecule has 2 amide bonds. The first kappa shape index (κ1) is 18.2. The topological polar surface area (TPSA) is 65.5 Å². The van der Waals surface area contributed by atoms with Gasteiger partial charge in [0.1, 0.15) is 5.69 Å². The van der Waals surface area contributed by atoms with Gasteiger partial charge < -0.3 is 15.1 Å². The van der Waals surface area contributed by atoms with Crippen molar-refractivity contribution in [1.29, 1.82) is 0 Å². The van der Waals surface area contributed by atoms with E-state index in [-0.39, 0.29) is 11.8 Å². The molecule has 0 atom stereocenters. The minimum absolute atomic E-state index is 0.0414. The number of aromatic nitrogens is 1. The zero-order chi connectivity index (χ0) is 18.7. The van der Waals surface area contributed by atoms with Gasteiger partial charge in [0.15, 0.2) is 0 Å². The van der Waals surface area contributed by atoms with E-state index in [2.05, 4.69) is 10.3 Å². The van der Waals surface area contributed by atoms with Crippen LogP contribution in [-0.2, 0) is 4.79 Å². The van der Waals surface area contributed by atoms with Crippen LogP contribution in [0.25, 0.3) is 0 Å². The zero-order valence-corrected chi connectivity index (χ0v) is 15.6. The second-order valence-corrected chi connectivity index (χ2v) is 6.75. The number of aryl methyl sites for hydroxylation is 1. The molecule has 26 heavy (non-hydrogen) atoms. The SMILES string of the molecule is CC(=O)N1CCN(C(=O)c2cc(Nc3ccc(Cl)cc3C)ccn2)CC1. The maximum atomic E-state index is 12.7. The summed E-state index contributed by atoms with van der Waals surface area (Å²) in [6, 6.07) is 9.16. The average molecular weight is 373 g/mol. The molecule has 0 aliphatic carbocycles. The highest BCUT2D eigenvalue weighted by atomic mass is 35.5. The van der Waals surface area contributed by atoms with Crippen LogP contribution in [0.4, 0.5) is 11.4 Å². The highest BCUT2D eigenvalue weighted by molar-refractivity contribution is 6.30. The molecule has 0 radical (unpaired) electrons. The summed E-state index contributed by atoms with van der Waals surface area (Å²) >= 11 is 5.99. The number of halogens is 1. The van der Waals surface area contributed by atoms with Gasteiger partial charge in [0.2, 0.25) is 5.91 Å². The summed E-state index contributed by atoms with van der Waals surface area (Å²) in [5.41, 5.74) is 3.12. The van der Waals surface area contributed by atoms with E-state index < -0.39 is 0 Å². The zero-order valence-electron chi connectivity index (χ0n) is 14.8. The molecule has 1 aliphatic heterocycles. The highest BCUT2D eigenvalue weighted by Gasteiger charge is 2.24. The van der Waals surface area contributed by atoms with Crippen LogP contribution < -0.4 is 5.32 Å². The first-order valence-corrected chi connectivity index (χ1v) is 8.86. The Morgan fingerprint density at radius 2 is 1.77 bits per heavy atom. The fourth-order valence-electron chi connectivity index (χ4n) is 2.93. The quantitative estimate of drug-likeness (QED) is 0.899. The van der Waals surface area contributed by atoms with Crippen LogP contribution in [-0.4, -0.2) is 52.8 Å². The van der Waals surface area contributed by atoms with E-state index in [0.29, 0.717) is 36.9 Å². The molecule has 1 aliphatic rings. The molecule has 136 valence electrons. The van der Waals surface area contributed by atoms with Crippen molar-refractivity contribution in [2.24, 2.45) is 0 Å². The smallest absolute Gasteiger partial charge is 0.272 e. The van der Waals surface area contributed by atoms with Crippen molar-refractivity contribution in [2.75, 3.05) is 31.5 Å². The van der Waals surface area contributed by atoms with Gasteiger partial charge in [-0.3, -0.25) is 14.6 Å². The Labute approximate surface area is 157 Å². The van der Waals surface area contributed by atoms with E-state index in [1.54, 1.807) is 29.0 Å². The Kier molecular flexibility index (Phi) is 5.42. The van der Waals surface area contributed by atoms with E-state index in [4.69, 9.17) is 11.6 Å². The molecular formula is C19H21ClN4O2. The molecular weight excluding hydrogens is 352 g/mol. The predicted molar refractivity (Wildman–Crippen MR) is 102 cm³/mol. The molecule has 2 heterocycles. The summed E-state index contributed by atoms with van der Waals surface area (Å²) in [5, 5.41) is 3.98. The summed E-state index contributed by atoms with van der Waals surface area (Å²) in [7, 11) is 0. The summed E-state index contributed by atoms with van der Waals surface area (Å²) < 4.78 is 0. The molecule has 1 fully saturated rings. The first-order valence-electron chi connectivity index (χ1n) is 8.48. The molecule has 0 unspecified atom stereocenters. The Balaban J connectivity index is 1.71. The van der Waals surface area contributed by atoms with Gasteiger partial charge in [-0.05, 0) is 42.8 Å². The number of carbonyl (C=O) groups is 2. The number of rotatable bonds is 3. The van der Waals surface area contributed by atoms with Gasteiger partial charge in [-0.15, -0.1) is 0 Å². The Morgan fingerprint density at radius 3 is 2.42 bits per heavy atom. The lowest BCUT2D eigenvalue weighted by molar-refractivity contribution is -0.130. The largest absolute Gasteiger partial charge is 0.355 e. The van der Waals surface area contributed by atoms with Crippen molar-refractivity contribution >= 4 is 34.8 Å². The van der Waals surface area contributed by atoms with Crippen LogP contribution in [0.1, 0.15) is 23.0 Å². The molecule has 2 aromatic rings. The highest BCUT2D eigenvalue weighted by Crippen LogP contribution is 2.24. The molecule has 1 aromatic carbocycles. The second-order valence-electron chi connectivity index (χ2n) is 6.31. The van der Waals surface area contributed by atoms with Crippen molar-refractivity contribution < 1.29 is 9.59 Å². The van der Waals surface area contributed by atoms with Crippen LogP contribution in [0.15, 0.2) is 36.5 Å². The number of carbonyl (C=O) groups excluding carboxylic acids is 2. The fraction of sp³-hybridized carbons (Fsp3) is 0.316. The molecule has 1 N–H and O–H groups in total. The van der Waals surface area contributed by atoms with E-state index in [9.17, 15) is 9.59 Å². The van der Waals surface area contributed by atoms with E-state index in [1.165, 1.54) is 0 Å². The lowest BCUT2D eigenvalue weighted by Gasteiger charge is -2.34. The Morgan fingerprint density at radius 1 is 1.08 bits per heavy atom. The van der Waals surface area contributed by atoms with Crippen molar-refractivity contribution in [2.45, 2.75) is 13.8 Å². The lowest BCUT2D eigenvalue weighted by Crippen LogP contribution is -2.50. The maximum absolute atomic E-state index is 12.7. The maximum Gasteiger partial charge on any atom is 0.272 e. The summed E-state index contributed by atoms with van der Waals surface area (Å²) in [4.78, 5) is 31.8. The number of hydrogen-bond donors (Lipinski definition) is 1. The number of benzene rings is 1. The van der Waals surface area contributed by atoms with Gasteiger partial charge in [-0.25, -0.2) is 0 Å². The normalized spacial score (nSPS) is 14.3. The Hall–Kier alpha value is -2.60. The molecule has 3 rings (SSSR count). The number of anilines is 2. The van der Waals surface area contributed by atoms with Crippen molar-refractivity contribution in [3.05, 3.63) is 52.8 Å². The second kappa shape index (κ2) is 7.74. The fourth-order valence-corrected chi connectivity index (χ4v) is 3.16. The average Bonchev–Trinajstić information content (AvgIpc) is 2.64. The standard InChI is InChI=1S/C19H21ClN4O2/c1-13-11-15(20)3-4-17(13)22-16-5-6-21-18(12-16)19(26)24-9-7-23(8-10-24)14(2)25/h3-6,11-12H,7-10H2,1-2H3,(H,21,22). The van der Waals surface area contributed by atoms with Crippen molar-refractivity contribution in [3.8, 4) is 0 Å². The van der Waals surface area contributed by atoms with Crippen molar-refractivity contribution in [3.63, 3.8) is 0 Å².